The number of rotatable bonds is 6. The number of carbonyl (C=O) groups excluding carboxylic acids is 1. The van der Waals surface area contributed by atoms with Crippen molar-refractivity contribution in [2.75, 3.05) is 13.1 Å². The van der Waals surface area contributed by atoms with Crippen LogP contribution >= 0.6 is 12.4 Å². The first kappa shape index (κ1) is 17.8. The standard InChI is InChI=1S/C16H30N2O.ClH/c1-13(2)12-18(15-7-3-4-8-15)16(19)10-9-14-6-5-11-17-14;/h13-15,17H,3-12H2,1-2H3;1H. The summed E-state index contributed by atoms with van der Waals surface area (Å²) in [4.78, 5) is 14.7. The van der Waals surface area contributed by atoms with Crippen LogP contribution in [0, 0.1) is 5.92 Å². The summed E-state index contributed by atoms with van der Waals surface area (Å²) in [5.74, 6) is 0.975. The van der Waals surface area contributed by atoms with Gasteiger partial charge in [0.25, 0.3) is 0 Å². The highest BCUT2D eigenvalue weighted by Crippen LogP contribution is 2.25. The molecule has 118 valence electrons. The van der Waals surface area contributed by atoms with Gasteiger partial charge < -0.3 is 10.2 Å². The van der Waals surface area contributed by atoms with E-state index < -0.39 is 0 Å². The van der Waals surface area contributed by atoms with E-state index in [2.05, 4.69) is 24.1 Å². The monoisotopic (exact) mass is 302 g/mol. The van der Waals surface area contributed by atoms with Gasteiger partial charge in [-0.3, -0.25) is 4.79 Å². The van der Waals surface area contributed by atoms with Gasteiger partial charge >= 0.3 is 0 Å². The predicted octanol–water partition coefficient (Wildman–Crippen LogP) is 3.37. The third kappa shape index (κ3) is 5.25. The van der Waals surface area contributed by atoms with E-state index in [1.54, 1.807) is 0 Å². The first-order chi connectivity index (χ1) is 9.16. The molecule has 1 saturated carbocycles. The van der Waals surface area contributed by atoms with Gasteiger partial charge in [-0.25, -0.2) is 0 Å². The van der Waals surface area contributed by atoms with Crippen molar-refractivity contribution in [2.24, 2.45) is 5.92 Å². The van der Waals surface area contributed by atoms with Crippen LogP contribution < -0.4 is 5.32 Å². The first-order valence-electron chi connectivity index (χ1n) is 8.19. The van der Waals surface area contributed by atoms with Crippen LogP contribution in [-0.2, 0) is 4.79 Å². The van der Waals surface area contributed by atoms with Gasteiger partial charge in [-0.15, -0.1) is 12.4 Å². The van der Waals surface area contributed by atoms with Gasteiger partial charge in [0.1, 0.15) is 0 Å². The molecular formula is C16H31ClN2O. The summed E-state index contributed by atoms with van der Waals surface area (Å²) in [6.45, 7) is 6.51. The third-order valence-electron chi connectivity index (χ3n) is 4.52. The Balaban J connectivity index is 0.00000200. The van der Waals surface area contributed by atoms with E-state index in [0.29, 0.717) is 23.9 Å². The highest BCUT2D eigenvalue weighted by Gasteiger charge is 2.27. The molecule has 20 heavy (non-hydrogen) atoms. The molecule has 0 aromatic carbocycles. The lowest BCUT2D eigenvalue weighted by molar-refractivity contribution is -0.134. The van der Waals surface area contributed by atoms with Crippen LogP contribution in [-0.4, -0.2) is 36.0 Å². The summed E-state index contributed by atoms with van der Waals surface area (Å²) in [6, 6.07) is 1.12. The smallest absolute Gasteiger partial charge is 0.222 e. The average molecular weight is 303 g/mol. The molecule has 4 heteroatoms. The molecule has 2 rings (SSSR count). The fourth-order valence-electron chi connectivity index (χ4n) is 3.51. The van der Waals surface area contributed by atoms with Crippen LogP contribution in [0.25, 0.3) is 0 Å². The van der Waals surface area contributed by atoms with Gasteiger partial charge in [0, 0.05) is 25.0 Å². The van der Waals surface area contributed by atoms with Crippen molar-refractivity contribution in [3.8, 4) is 0 Å². The largest absolute Gasteiger partial charge is 0.339 e. The van der Waals surface area contributed by atoms with E-state index >= 15 is 0 Å². The second kappa shape index (κ2) is 8.89. The molecule has 1 aliphatic carbocycles. The van der Waals surface area contributed by atoms with Gasteiger partial charge in [0.05, 0.1) is 0 Å². The van der Waals surface area contributed by atoms with Crippen LogP contribution in [0.3, 0.4) is 0 Å². The maximum atomic E-state index is 12.5. The highest BCUT2D eigenvalue weighted by molar-refractivity contribution is 5.85. The minimum absolute atomic E-state index is 0. The van der Waals surface area contributed by atoms with E-state index in [-0.39, 0.29) is 12.4 Å². The topological polar surface area (TPSA) is 32.3 Å². The predicted molar refractivity (Wildman–Crippen MR) is 86.3 cm³/mol. The Morgan fingerprint density at radius 3 is 2.45 bits per heavy atom. The number of hydrogen-bond acceptors (Lipinski definition) is 2. The Morgan fingerprint density at radius 2 is 1.90 bits per heavy atom. The van der Waals surface area contributed by atoms with Crippen LogP contribution in [0.2, 0.25) is 0 Å². The normalized spacial score (nSPS) is 23.1. The summed E-state index contributed by atoms with van der Waals surface area (Å²) < 4.78 is 0. The molecule has 0 aromatic heterocycles. The lowest BCUT2D eigenvalue weighted by Gasteiger charge is -2.31. The molecule has 2 fully saturated rings. The van der Waals surface area contributed by atoms with E-state index in [0.717, 1.165) is 25.9 Å². The van der Waals surface area contributed by atoms with Crippen LogP contribution in [0.15, 0.2) is 0 Å². The molecule has 0 spiro atoms. The van der Waals surface area contributed by atoms with E-state index in [1.807, 2.05) is 0 Å². The molecule has 2 aliphatic rings. The van der Waals surface area contributed by atoms with Crippen molar-refractivity contribution in [3.63, 3.8) is 0 Å². The molecule has 1 atom stereocenters. The molecule has 1 N–H and O–H groups in total. The van der Waals surface area contributed by atoms with Gasteiger partial charge in [-0.1, -0.05) is 26.7 Å². The quantitative estimate of drug-likeness (QED) is 0.816. The van der Waals surface area contributed by atoms with E-state index in [4.69, 9.17) is 0 Å². The molecule has 0 bridgehead atoms. The van der Waals surface area contributed by atoms with E-state index in [1.165, 1.54) is 38.5 Å². The zero-order chi connectivity index (χ0) is 13.7. The first-order valence-corrected chi connectivity index (χ1v) is 8.19. The van der Waals surface area contributed by atoms with E-state index in [9.17, 15) is 4.79 Å². The molecule has 1 amide bonds. The summed E-state index contributed by atoms with van der Waals surface area (Å²) in [7, 11) is 0. The van der Waals surface area contributed by atoms with Crippen molar-refractivity contribution in [2.45, 2.75) is 77.3 Å². The summed E-state index contributed by atoms with van der Waals surface area (Å²) >= 11 is 0. The van der Waals surface area contributed by atoms with Gasteiger partial charge in [-0.05, 0) is 44.6 Å². The minimum Gasteiger partial charge on any atom is -0.339 e. The van der Waals surface area contributed by atoms with Gasteiger partial charge in [0.2, 0.25) is 5.91 Å². The van der Waals surface area contributed by atoms with Crippen LogP contribution in [0.5, 0.6) is 0 Å². The van der Waals surface area contributed by atoms with Crippen molar-refractivity contribution in [1.29, 1.82) is 0 Å². The molecule has 1 saturated heterocycles. The van der Waals surface area contributed by atoms with Gasteiger partial charge in [0.15, 0.2) is 0 Å². The number of hydrogen-bond donors (Lipinski definition) is 1. The van der Waals surface area contributed by atoms with Crippen molar-refractivity contribution in [1.82, 2.24) is 10.2 Å². The summed E-state index contributed by atoms with van der Waals surface area (Å²) in [5.41, 5.74) is 0. The minimum atomic E-state index is 0. The lowest BCUT2D eigenvalue weighted by Crippen LogP contribution is -2.41. The highest BCUT2D eigenvalue weighted by atomic mass is 35.5. The third-order valence-corrected chi connectivity index (χ3v) is 4.52. The number of amides is 1. The van der Waals surface area contributed by atoms with Crippen molar-refractivity contribution in [3.05, 3.63) is 0 Å². The van der Waals surface area contributed by atoms with Crippen LogP contribution in [0.4, 0.5) is 0 Å². The summed E-state index contributed by atoms with van der Waals surface area (Å²) in [6.07, 6.45) is 9.34. The maximum absolute atomic E-state index is 12.5. The Labute approximate surface area is 130 Å². The van der Waals surface area contributed by atoms with Crippen LogP contribution in [0.1, 0.15) is 65.2 Å². The molecule has 3 nitrogen and oxygen atoms in total. The number of halogens is 1. The SMILES string of the molecule is CC(C)CN(C(=O)CCC1CCCN1)C1CCCC1.Cl. The number of nitrogens with zero attached hydrogens (tertiary/aromatic N) is 1. The molecule has 1 aliphatic heterocycles. The Hall–Kier alpha value is -0.280. The second-order valence-electron chi connectivity index (χ2n) is 6.71. The lowest BCUT2D eigenvalue weighted by atomic mass is 10.1. The molecule has 0 aromatic rings. The summed E-state index contributed by atoms with van der Waals surface area (Å²) in [5, 5.41) is 3.49. The Bertz CT molecular complexity index is 284. The Kier molecular flexibility index (Phi) is 7.90. The van der Waals surface area contributed by atoms with Crippen molar-refractivity contribution >= 4 is 18.3 Å². The average Bonchev–Trinajstić information content (AvgIpc) is 3.05. The Morgan fingerprint density at radius 1 is 1.20 bits per heavy atom. The molecule has 1 unspecified atom stereocenters. The van der Waals surface area contributed by atoms with Gasteiger partial charge in [-0.2, -0.15) is 0 Å². The number of nitrogens with one attached hydrogen (secondary N) is 1. The molecular weight excluding hydrogens is 272 g/mol. The van der Waals surface area contributed by atoms with Crippen molar-refractivity contribution < 1.29 is 4.79 Å². The second-order valence-corrected chi connectivity index (χ2v) is 6.71. The zero-order valence-electron chi connectivity index (χ0n) is 13.1. The maximum Gasteiger partial charge on any atom is 0.222 e. The zero-order valence-corrected chi connectivity index (χ0v) is 13.9. The fraction of sp³-hybridized carbons (Fsp3) is 0.938. The fourth-order valence-corrected chi connectivity index (χ4v) is 3.51. The molecule has 0 radical (unpaired) electrons. The molecule has 1 heterocycles. The number of carbonyl (C=O) groups is 1.